The lowest BCUT2D eigenvalue weighted by molar-refractivity contribution is -0.142. The molecule has 2 amide bonds. The fourth-order valence-corrected chi connectivity index (χ4v) is 4.38. The second-order valence-electron chi connectivity index (χ2n) is 7.18. The van der Waals surface area contributed by atoms with Gasteiger partial charge in [-0.3, -0.25) is 9.59 Å². The van der Waals surface area contributed by atoms with Gasteiger partial charge in [-0.05, 0) is 22.6 Å². The van der Waals surface area contributed by atoms with Crippen LogP contribution in [0.5, 0.6) is 0 Å². The highest BCUT2D eigenvalue weighted by Gasteiger charge is 2.28. The first-order chi connectivity index (χ1) is 15.0. The number of nitrogens with zero attached hydrogens (tertiary/aromatic N) is 1. The number of nitrogens with one attached hydrogen (secondary N) is 2. The lowest BCUT2D eigenvalue weighted by Crippen LogP contribution is -2.48. The Morgan fingerprint density at radius 2 is 1.87 bits per heavy atom. The van der Waals surface area contributed by atoms with Crippen LogP contribution in [0.3, 0.4) is 0 Å². The van der Waals surface area contributed by atoms with Gasteiger partial charge in [0.2, 0.25) is 11.8 Å². The summed E-state index contributed by atoms with van der Waals surface area (Å²) >= 11 is 1.38. The van der Waals surface area contributed by atoms with E-state index in [9.17, 15) is 19.5 Å². The van der Waals surface area contributed by atoms with Crippen LogP contribution in [0.2, 0.25) is 0 Å². The Hall–Kier alpha value is -3.52. The van der Waals surface area contributed by atoms with Crippen molar-refractivity contribution in [1.29, 1.82) is 0 Å². The minimum atomic E-state index is -1.13. The molecule has 0 radical (unpaired) electrons. The SMILES string of the molecule is O=C(CN1C(=O)CSC=C1c1ccccc1)NC(Cc1c[nH]c2ccccc12)C(=O)O. The normalized spacial score (nSPS) is 14.9. The van der Waals surface area contributed by atoms with Crippen LogP contribution in [0.15, 0.2) is 66.2 Å². The molecule has 1 unspecified atom stereocenters. The molecular formula is C23H21N3O4S. The van der Waals surface area contributed by atoms with E-state index < -0.39 is 17.9 Å². The van der Waals surface area contributed by atoms with Crippen molar-refractivity contribution in [3.05, 3.63) is 77.3 Å². The summed E-state index contributed by atoms with van der Waals surface area (Å²) in [5, 5.41) is 15.0. The summed E-state index contributed by atoms with van der Waals surface area (Å²) in [6, 6.07) is 15.8. The Labute approximate surface area is 183 Å². The number of carbonyl (C=O) groups excluding carboxylic acids is 2. The molecule has 1 aliphatic rings. The van der Waals surface area contributed by atoms with Crippen molar-refractivity contribution in [2.24, 2.45) is 0 Å². The van der Waals surface area contributed by atoms with Crippen LogP contribution < -0.4 is 5.32 Å². The van der Waals surface area contributed by atoms with Crippen LogP contribution in [0.4, 0.5) is 0 Å². The van der Waals surface area contributed by atoms with Gasteiger partial charge in [0.05, 0.1) is 11.4 Å². The van der Waals surface area contributed by atoms with Gasteiger partial charge in [-0.2, -0.15) is 0 Å². The number of rotatable bonds is 7. The van der Waals surface area contributed by atoms with Crippen molar-refractivity contribution in [2.45, 2.75) is 12.5 Å². The lowest BCUT2D eigenvalue weighted by Gasteiger charge is -2.28. The molecule has 0 aliphatic carbocycles. The number of H-pyrrole nitrogens is 1. The molecule has 0 saturated heterocycles. The summed E-state index contributed by atoms with van der Waals surface area (Å²) in [4.78, 5) is 41.6. The molecule has 3 aromatic rings. The Kier molecular flexibility index (Phi) is 6.08. The summed E-state index contributed by atoms with van der Waals surface area (Å²) in [6.45, 7) is -0.238. The van der Waals surface area contributed by atoms with E-state index in [4.69, 9.17) is 0 Å². The van der Waals surface area contributed by atoms with E-state index in [1.54, 1.807) is 6.20 Å². The van der Waals surface area contributed by atoms with Gasteiger partial charge in [0, 0.05) is 23.5 Å². The summed E-state index contributed by atoms with van der Waals surface area (Å²) < 4.78 is 0. The fraction of sp³-hybridized carbons (Fsp3) is 0.174. The number of carboxylic acid groups (broad SMARTS) is 1. The molecule has 1 atom stereocenters. The van der Waals surface area contributed by atoms with Gasteiger partial charge >= 0.3 is 5.97 Å². The number of aromatic nitrogens is 1. The van der Waals surface area contributed by atoms with Gasteiger partial charge in [0.15, 0.2) is 0 Å². The van der Waals surface area contributed by atoms with Gasteiger partial charge in [-0.1, -0.05) is 48.5 Å². The Bertz CT molecular complexity index is 1160. The average Bonchev–Trinajstić information content (AvgIpc) is 3.18. The number of para-hydroxylation sites is 1. The molecule has 2 heterocycles. The first-order valence-corrected chi connectivity index (χ1v) is 10.8. The second-order valence-corrected chi connectivity index (χ2v) is 8.04. The summed E-state index contributed by atoms with van der Waals surface area (Å²) in [6.07, 6.45) is 1.89. The third-order valence-corrected chi connectivity index (χ3v) is 5.90. The highest BCUT2D eigenvalue weighted by Crippen LogP contribution is 2.28. The van der Waals surface area contributed by atoms with Crippen molar-refractivity contribution in [3.8, 4) is 0 Å². The van der Waals surface area contributed by atoms with Crippen molar-refractivity contribution in [2.75, 3.05) is 12.3 Å². The molecule has 31 heavy (non-hydrogen) atoms. The lowest BCUT2D eigenvalue weighted by atomic mass is 10.0. The third kappa shape index (κ3) is 4.64. The topological polar surface area (TPSA) is 103 Å². The Balaban J connectivity index is 1.48. The van der Waals surface area contributed by atoms with Crippen molar-refractivity contribution in [3.63, 3.8) is 0 Å². The molecule has 0 saturated carbocycles. The maximum absolute atomic E-state index is 12.7. The molecule has 4 rings (SSSR count). The van der Waals surface area contributed by atoms with E-state index in [1.165, 1.54) is 16.7 Å². The van der Waals surface area contributed by atoms with Crippen LogP contribution >= 0.6 is 11.8 Å². The van der Waals surface area contributed by atoms with Crippen molar-refractivity contribution in [1.82, 2.24) is 15.2 Å². The number of carboxylic acids is 1. The van der Waals surface area contributed by atoms with Crippen LogP contribution in [0.1, 0.15) is 11.1 Å². The zero-order chi connectivity index (χ0) is 21.8. The molecule has 0 bridgehead atoms. The van der Waals surface area contributed by atoms with Crippen molar-refractivity contribution >= 4 is 46.1 Å². The maximum Gasteiger partial charge on any atom is 0.326 e. The molecular weight excluding hydrogens is 414 g/mol. The van der Waals surface area contributed by atoms with E-state index in [-0.39, 0.29) is 24.6 Å². The molecule has 1 aromatic heterocycles. The zero-order valence-electron chi connectivity index (χ0n) is 16.6. The first kappa shape index (κ1) is 20.7. The van der Waals surface area contributed by atoms with Gasteiger partial charge < -0.3 is 20.3 Å². The van der Waals surface area contributed by atoms with E-state index in [0.717, 1.165) is 22.0 Å². The molecule has 1 aliphatic heterocycles. The molecule has 8 heteroatoms. The largest absolute Gasteiger partial charge is 0.480 e. The minimum absolute atomic E-state index is 0.135. The molecule has 2 aromatic carbocycles. The fourth-order valence-electron chi connectivity index (χ4n) is 3.58. The highest BCUT2D eigenvalue weighted by molar-refractivity contribution is 8.03. The second kappa shape index (κ2) is 9.09. The first-order valence-electron chi connectivity index (χ1n) is 9.77. The minimum Gasteiger partial charge on any atom is -0.480 e. The highest BCUT2D eigenvalue weighted by atomic mass is 32.2. The molecule has 0 spiro atoms. The molecule has 3 N–H and O–H groups in total. The summed E-state index contributed by atoms with van der Waals surface area (Å²) in [5.41, 5.74) is 3.17. The number of hydrogen-bond donors (Lipinski definition) is 3. The van der Waals surface area contributed by atoms with Crippen LogP contribution in [-0.4, -0.2) is 51.1 Å². The van der Waals surface area contributed by atoms with Crippen LogP contribution in [-0.2, 0) is 20.8 Å². The van der Waals surface area contributed by atoms with E-state index in [1.807, 2.05) is 60.0 Å². The average molecular weight is 436 g/mol. The van der Waals surface area contributed by atoms with E-state index in [0.29, 0.717) is 5.70 Å². The number of fused-ring (bicyclic) bond motifs is 1. The Morgan fingerprint density at radius 3 is 2.65 bits per heavy atom. The number of amides is 2. The molecule has 0 fully saturated rings. The standard InChI is InChI=1S/C23H21N3O4S/c27-21(12-26-20(13-31-14-22(26)28)15-6-2-1-3-7-15)25-19(23(29)30)10-16-11-24-18-9-5-4-8-17(16)18/h1-9,11,13,19,24H,10,12,14H2,(H,25,27)(H,29,30). The number of benzene rings is 2. The zero-order valence-corrected chi connectivity index (χ0v) is 17.4. The maximum atomic E-state index is 12.7. The molecule has 158 valence electrons. The third-order valence-electron chi connectivity index (χ3n) is 5.10. The number of thioether (sulfide) groups is 1. The monoisotopic (exact) mass is 435 g/mol. The number of hydrogen-bond acceptors (Lipinski definition) is 4. The smallest absolute Gasteiger partial charge is 0.326 e. The van der Waals surface area contributed by atoms with Gasteiger partial charge in [-0.25, -0.2) is 4.79 Å². The van der Waals surface area contributed by atoms with E-state index in [2.05, 4.69) is 10.3 Å². The van der Waals surface area contributed by atoms with Crippen LogP contribution in [0.25, 0.3) is 16.6 Å². The van der Waals surface area contributed by atoms with Gasteiger partial charge in [0.25, 0.3) is 0 Å². The summed E-state index contributed by atoms with van der Waals surface area (Å²) in [5.74, 6) is -1.60. The number of aliphatic carboxylic acids is 1. The molecule has 7 nitrogen and oxygen atoms in total. The van der Waals surface area contributed by atoms with Crippen molar-refractivity contribution < 1.29 is 19.5 Å². The number of aromatic amines is 1. The van der Waals surface area contributed by atoms with Gasteiger partial charge in [0.1, 0.15) is 12.6 Å². The predicted molar refractivity (Wildman–Crippen MR) is 120 cm³/mol. The predicted octanol–water partition coefficient (Wildman–Crippen LogP) is 2.85. The summed E-state index contributed by atoms with van der Waals surface area (Å²) in [7, 11) is 0. The van der Waals surface area contributed by atoms with Crippen LogP contribution in [0, 0.1) is 0 Å². The number of carbonyl (C=O) groups is 3. The quantitative estimate of drug-likeness (QED) is 0.530. The van der Waals surface area contributed by atoms with Gasteiger partial charge in [-0.15, -0.1) is 11.8 Å². The van der Waals surface area contributed by atoms with E-state index >= 15 is 0 Å². The Morgan fingerprint density at radius 1 is 1.13 bits per heavy atom.